The van der Waals surface area contributed by atoms with Crippen molar-refractivity contribution in [2.75, 3.05) is 25.0 Å². The molecule has 0 aliphatic heterocycles. The van der Waals surface area contributed by atoms with E-state index in [0.717, 1.165) is 19.4 Å². The van der Waals surface area contributed by atoms with E-state index in [2.05, 4.69) is 53.7 Å². The molecule has 1 aliphatic rings. The van der Waals surface area contributed by atoms with Crippen molar-refractivity contribution in [1.82, 2.24) is 5.32 Å². The lowest BCUT2D eigenvalue weighted by Gasteiger charge is -2.19. The van der Waals surface area contributed by atoms with Crippen LogP contribution >= 0.6 is 0 Å². The van der Waals surface area contributed by atoms with Gasteiger partial charge in [0.25, 0.3) is 0 Å². The van der Waals surface area contributed by atoms with Crippen LogP contribution < -0.4 is 10.2 Å². The van der Waals surface area contributed by atoms with Crippen molar-refractivity contribution >= 4 is 11.6 Å². The zero-order chi connectivity index (χ0) is 16.1. The van der Waals surface area contributed by atoms with Crippen molar-refractivity contribution in [3.63, 3.8) is 0 Å². The Hall–Kier alpha value is -2.29. The van der Waals surface area contributed by atoms with E-state index in [4.69, 9.17) is 0 Å². The number of likely N-dealkylation sites (N-methyl/N-ethyl adjacent to an activating group) is 1. The molecule has 23 heavy (non-hydrogen) atoms. The van der Waals surface area contributed by atoms with E-state index >= 15 is 0 Å². The van der Waals surface area contributed by atoms with Crippen molar-refractivity contribution in [3.05, 3.63) is 65.7 Å². The van der Waals surface area contributed by atoms with Crippen molar-refractivity contribution in [3.8, 4) is 0 Å². The summed E-state index contributed by atoms with van der Waals surface area (Å²) >= 11 is 0. The van der Waals surface area contributed by atoms with Gasteiger partial charge in [-0.05, 0) is 42.0 Å². The second-order valence-electron chi connectivity index (χ2n) is 6.25. The first-order valence-corrected chi connectivity index (χ1v) is 8.35. The van der Waals surface area contributed by atoms with Crippen LogP contribution in [0.5, 0.6) is 0 Å². The average molecular weight is 308 g/mol. The minimum Gasteiger partial charge on any atom is -0.373 e. The fourth-order valence-corrected chi connectivity index (χ4v) is 3.33. The maximum atomic E-state index is 12.2. The predicted molar refractivity (Wildman–Crippen MR) is 94.8 cm³/mol. The molecule has 0 bridgehead atoms. The molecule has 3 heteroatoms. The standard InChI is InChI=1S/C20H24N2O/c1-22(18-8-3-2-4-9-18)14-13-21-20(23)15-17-12-11-16-7-5-6-10-19(16)17/h2-10,17H,11-15H2,1H3,(H,21,23). The predicted octanol–water partition coefficient (Wildman–Crippen LogP) is 3.36. The maximum Gasteiger partial charge on any atom is 0.220 e. The Kier molecular flexibility index (Phi) is 4.96. The number of hydrogen-bond donors (Lipinski definition) is 1. The van der Waals surface area contributed by atoms with Gasteiger partial charge in [0.15, 0.2) is 0 Å². The van der Waals surface area contributed by atoms with Crippen LogP contribution in [0.15, 0.2) is 54.6 Å². The summed E-state index contributed by atoms with van der Waals surface area (Å²) in [4.78, 5) is 14.4. The summed E-state index contributed by atoms with van der Waals surface area (Å²) in [6.45, 7) is 1.50. The lowest BCUT2D eigenvalue weighted by molar-refractivity contribution is -0.121. The fraction of sp³-hybridized carbons (Fsp3) is 0.350. The number of aryl methyl sites for hydroxylation is 1. The largest absolute Gasteiger partial charge is 0.373 e. The molecule has 1 N–H and O–H groups in total. The lowest BCUT2D eigenvalue weighted by Crippen LogP contribution is -2.33. The monoisotopic (exact) mass is 308 g/mol. The number of para-hydroxylation sites is 1. The molecule has 3 nitrogen and oxygen atoms in total. The van der Waals surface area contributed by atoms with Gasteiger partial charge in [-0.2, -0.15) is 0 Å². The van der Waals surface area contributed by atoms with Crippen LogP contribution in [0.3, 0.4) is 0 Å². The van der Waals surface area contributed by atoms with Gasteiger partial charge in [-0.3, -0.25) is 4.79 Å². The van der Waals surface area contributed by atoms with Gasteiger partial charge in [0, 0.05) is 32.2 Å². The quantitative estimate of drug-likeness (QED) is 0.887. The molecular weight excluding hydrogens is 284 g/mol. The highest BCUT2D eigenvalue weighted by atomic mass is 16.1. The van der Waals surface area contributed by atoms with E-state index in [0.29, 0.717) is 18.9 Å². The van der Waals surface area contributed by atoms with Crippen LogP contribution in [0, 0.1) is 0 Å². The normalized spacial score (nSPS) is 16.0. The molecule has 3 rings (SSSR count). The number of rotatable bonds is 6. The highest BCUT2D eigenvalue weighted by Crippen LogP contribution is 2.34. The van der Waals surface area contributed by atoms with Crippen molar-refractivity contribution < 1.29 is 4.79 Å². The molecule has 0 aromatic heterocycles. The minimum atomic E-state index is 0.160. The first-order valence-electron chi connectivity index (χ1n) is 8.35. The molecule has 0 spiro atoms. The fourth-order valence-electron chi connectivity index (χ4n) is 3.33. The Morgan fingerprint density at radius 1 is 1.13 bits per heavy atom. The molecule has 0 fully saturated rings. The molecule has 2 aromatic rings. The number of fused-ring (bicyclic) bond motifs is 1. The third-order valence-corrected chi connectivity index (χ3v) is 4.66. The Balaban J connectivity index is 1.44. The van der Waals surface area contributed by atoms with E-state index in [-0.39, 0.29) is 5.91 Å². The Bertz CT molecular complexity index is 654. The molecule has 1 unspecified atom stereocenters. The molecule has 120 valence electrons. The number of benzene rings is 2. The Morgan fingerprint density at radius 2 is 1.87 bits per heavy atom. The first-order chi connectivity index (χ1) is 11.2. The lowest BCUT2D eigenvalue weighted by atomic mass is 9.97. The van der Waals surface area contributed by atoms with E-state index in [1.54, 1.807) is 0 Å². The summed E-state index contributed by atoms with van der Waals surface area (Å²) < 4.78 is 0. The summed E-state index contributed by atoms with van der Waals surface area (Å²) in [6, 6.07) is 18.7. The number of anilines is 1. The topological polar surface area (TPSA) is 32.3 Å². The third kappa shape index (κ3) is 3.92. The summed E-state index contributed by atoms with van der Waals surface area (Å²) in [5, 5.41) is 3.06. The molecule has 0 heterocycles. The van der Waals surface area contributed by atoms with Crippen LogP contribution in [0.2, 0.25) is 0 Å². The minimum absolute atomic E-state index is 0.160. The van der Waals surface area contributed by atoms with E-state index in [1.165, 1.54) is 16.8 Å². The average Bonchev–Trinajstić information content (AvgIpc) is 2.99. The SMILES string of the molecule is CN(CCNC(=O)CC1CCc2ccccc21)c1ccccc1. The van der Waals surface area contributed by atoms with Gasteiger partial charge in [-0.15, -0.1) is 0 Å². The maximum absolute atomic E-state index is 12.2. The second-order valence-corrected chi connectivity index (χ2v) is 6.25. The number of nitrogens with one attached hydrogen (secondary N) is 1. The van der Waals surface area contributed by atoms with Gasteiger partial charge in [0.1, 0.15) is 0 Å². The van der Waals surface area contributed by atoms with Crippen LogP contribution in [-0.2, 0) is 11.2 Å². The van der Waals surface area contributed by atoms with Crippen LogP contribution in [0.1, 0.15) is 29.9 Å². The van der Waals surface area contributed by atoms with E-state index in [9.17, 15) is 4.79 Å². The molecular formula is C20H24N2O. The third-order valence-electron chi connectivity index (χ3n) is 4.66. The molecule has 0 saturated heterocycles. The van der Waals surface area contributed by atoms with Gasteiger partial charge in [-0.1, -0.05) is 42.5 Å². The van der Waals surface area contributed by atoms with Crippen molar-refractivity contribution in [2.24, 2.45) is 0 Å². The van der Waals surface area contributed by atoms with Gasteiger partial charge >= 0.3 is 0 Å². The molecule has 1 amide bonds. The number of nitrogens with zero attached hydrogens (tertiary/aromatic N) is 1. The van der Waals surface area contributed by atoms with Gasteiger partial charge in [0.05, 0.1) is 0 Å². The first kappa shape index (κ1) is 15.6. The highest BCUT2D eigenvalue weighted by molar-refractivity contribution is 5.77. The number of carbonyl (C=O) groups excluding carboxylic acids is 1. The summed E-state index contributed by atoms with van der Waals surface area (Å²) in [7, 11) is 2.05. The zero-order valence-corrected chi connectivity index (χ0v) is 13.7. The number of hydrogen-bond acceptors (Lipinski definition) is 2. The van der Waals surface area contributed by atoms with Crippen LogP contribution in [-0.4, -0.2) is 26.0 Å². The van der Waals surface area contributed by atoms with Crippen molar-refractivity contribution in [2.45, 2.75) is 25.2 Å². The molecule has 1 atom stereocenters. The van der Waals surface area contributed by atoms with Crippen LogP contribution in [0.4, 0.5) is 5.69 Å². The Morgan fingerprint density at radius 3 is 2.70 bits per heavy atom. The zero-order valence-electron chi connectivity index (χ0n) is 13.7. The molecule has 1 aliphatic carbocycles. The molecule has 0 saturated carbocycles. The van der Waals surface area contributed by atoms with Crippen molar-refractivity contribution in [1.29, 1.82) is 0 Å². The van der Waals surface area contributed by atoms with Crippen LogP contribution in [0.25, 0.3) is 0 Å². The highest BCUT2D eigenvalue weighted by Gasteiger charge is 2.23. The molecule has 2 aromatic carbocycles. The van der Waals surface area contributed by atoms with E-state index < -0.39 is 0 Å². The van der Waals surface area contributed by atoms with Gasteiger partial charge in [0.2, 0.25) is 5.91 Å². The molecule has 0 radical (unpaired) electrons. The van der Waals surface area contributed by atoms with Gasteiger partial charge in [-0.25, -0.2) is 0 Å². The summed E-state index contributed by atoms with van der Waals surface area (Å²) in [5.41, 5.74) is 3.95. The summed E-state index contributed by atoms with van der Waals surface area (Å²) in [5.74, 6) is 0.547. The number of carbonyl (C=O) groups is 1. The Labute approximate surface area is 138 Å². The smallest absolute Gasteiger partial charge is 0.220 e. The number of amides is 1. The van der Waals surface area contributed by atoms with E-state index in [1.807, 2.05) is 18.2 Å². The summed E-state index contributed by atoms with van der Waals surface area (Å²) in [6.07, 6.45) is 2.80. The van der Waals surface area contributed by atoms with Gasteiger partial charge < -0.3 is 10.2 Å². The second kappa shape index (κ2) is 7.32.